The smallest absolute Gasteiger partial charge is 0.253 e. The van der Waals surface area contributed by atoms with Gasteiger partial charge in [0.2, 0.25) is 11.9 Å². The zero-order valence-electron chi connectivity index (χ0n) is 20.1. The molecule has 2 heterocycles. The molecular weight excluding hydrogens is 487 g/mol. The van der Waals surface area contributed by atoms with Crippen LogP contribution in [0.5, 0.6) is 5.75 Å². The van der Waals surface area contributed by atoms with Crippen molar-refractivity contribution in [3.63, 3.8) is 0 Å². The normalized spacial score (nSPS) is 13.0. The number of ether oxygens (including phenoxy) is 1. The van der Waals surface area contributed by atoms with Gasteiger partial charge in [0, 0.05) is 26.1 Å². The van der Waals surface area contributed by atoms with Gasteiger partial charge >= 0.3 is 0 Å². The largest absolute Gasteiger partial charge is 0.494 e. The molecule has 2 amide bonds. The first-order valence-corrected chi connectivity index (χ1v) is 11.8. The van der Waals surface area contributed by atoms with Gasteiger partial charge in [0.25, 0.3) is 5.91 Å². The van der Waals surface area contributed by atoms with Gasteiger partial charge in [-0.15, -0.1) is 0 Å². The van der Waals surface area contributed by atoms with Crippen molar-refractivity contribution in [2.24, 2.45) is 0 Å². The third-order valence-electron chi connectivity index (χ3n) is 5.86. The lowest BCUT2D eigenvalue weighted by Crippen LogP contribution is -2.29. The van der Waals surface area contributed by atoms with Crippen molar-refractivity contribution in [1.29, 1.82) is 0 Å². The minimum absolute atomic E-state index is 0.0599. The highest BCUT2D eigenvalue weighted by Gasteiger charge is 2.23. The van der Waals surface area contributed by atoms with Crippen LogP contribution in [0, 0.1) is 5.82 Å². The molecule has 0 saturated heterocycles. The van der Waals surface area contributed by atoms with Crippen LogP contribution in [0.1, 0.15) is 35.7 Å². The van der Waals surface area contributed by atoms with Gasteiger partial charge in [-0.25, -0.2) is 9.37 Å². The standard InChI is InChI=1S/C25H26ClFN6O3/c1-4-33-19-12-20(36-3)18(11-14(19)7-5-10-21(33)34)30-25-29-13-16(26)23(32-25)31-22-15(24(35)28-2)8-6-9-17(22)27/h6,8-9,11-13H,4-5,7,10H2,1-3H3,(H,28,35)(H2,29,30,31,32). The number of nitrogens with one attached hydrogen (secondary N) is 3. The highest BCUT2D eigenvalue weighted by Crippen LogP contribution is 2.38. The molecule has 3 N–H and O–H groups in total. The van der Waals surface area contributed by atoms with Gasteiger partial charge in [0.1, 0.15) is 16.6 Å². The van der Waals surface area contributed by atoms with Crippen LogP contribution < -0.4 is 25.6 Å². The van der Waals surface area contributed by atoms with Crippen LogP contribution in [0.4, 0.5) is 33.2 Å². The Balaban J connectivity index is 1.68. The number of anilines is 5. The van der Waals surface area contributed by atoms with E-state index in [1.165, 1.54) is 38.6 Å². The lowest BCUT2D eigenvalue weighted by molar-refractivity contribution is -0.118. The summed E-state index contributed by atoms with van der Waals surface area (Å²) in [7, 11) is 3.00. The minimum atomic E-state index is -0.636. The van der Waals surface area contributed by atoms with E-state index in [-0.39, 0.29) is 33.9 Å². The molecule has 36 heavy (non-hydrogen) atoms. The van der Waals surface area contributed by atoms with Gasteiger partial charge in [-0.1, -0.05) is 17.7 Å². The van der Waals surface area contributed by atoms with E-state index >= 15 is 0 Å². The number of fused-ring (bicyclic) bond motifs is 1. The van der Waals surface area contributed by atoms with Crippen LogP contribution in [0.15, 0.2) is 36.5 Å². The van der Waals surface area contributed by atoms with E-state index < -0.39 is 11.7 Å². The molecule has 188 valence electrons. The van der Waals surface area contributed by atoms with Crippen molar-refractivity contribution in [3.05, 3.63) is 58.5 Å². The Morgan fingerprint density at radius 1 is 1.25 bits per heavy atom. The molecule has 11 heteroatoms. The number of carbonyl (C=O) groups is 2. The minimum Gasteiger partial charge on any atom is -0.494 e. The lowest BCUT2D eigenvalue weighted by atomic mass is 10.1. The summed E-state index contributed by atoms with van der Waals surface area (Å²) in [6.45, 7) is 2.50. The first-order valence-electron chi connectivity index (χ1n) is 11.4. The van der Waals surface area contributed by atoms with Crippen LogP contribution in [0.3, 0.4) is 0 Å². The van der Waals surface area contributed by atoms with Crippen molar-refractivity contribution < 1.29 is 18.7 Å². The number of hydrogen-bond donors (Lipinski definition) is 3. The number of halogens is 2. The maximum Gasteiger partial charge on any atom is 0.253 e. The topological polar surface area (TPSA) is 108 Å². The number of aryl methyl sites for hydroxylation is 1. The van der Waals surface area contributed by atoms with Crippen molar-refractivity contribution >= 4 is 52.2 Å². The highest BCUT2D eigenvalue weighted by atomic mass is 35.5. The third kappa shape index (κ3) is 5.03. The SMILES string of the molecule is CCN1C(=O)CCCc2cc(Nc3ncc(Cl)c(Nc4c(F)cccc4C(=O)NC)n3)c(OC)cc21. The van der Waals surface area contributed by atoms with Gasteiger partial charge in [-0.3, -0.25) is 9.59 Å². The number of rotatable bonds is 7. The fourth-order valence-corrected chi connectivity index (χ4v) is 4.25. The molecule has 9 nitrogen and oxygen atoms in total. The third-order valence-corrected chi connectivity index (χ3v) is 6.14. The molecule has 0 spiro atoms. The second kappa shape index (κ2) is 10.8. The zero-order valence-corrected chi connectivity index (χ0v) is 20.9. The average Bonchev–Trinajstić information content (AvgIpc) is 3.03. The second-order valence-electron chi connectivity index (χ2n) is 8.05. The Hall–Kier alpha value is -3.92. The fraction of sp³-hybridized carbons (Fsp3) is 0.280. The molecule has 4 rings (SSSR count). The van der Waals surface area contributed by atoms with Crippen molar-refractivity contribution in [3.8, 4) is 5.75 Å². The summed E-state index contributed by atoms with van der Waals surface area (Å²) in [6, 6.07) is 7.91. The summed E-state index contributed by atoms with van der Waals surface area (Å²) in [5.41, 5.74) is 2.47. The molecule has 3 aromatic rings. The fourth-order valence-electron chi connectivity index (χ4n) is 4.11. The molecule has 0 bridgehead atoms. The van der Waals surface area contributed by atoms with Crippen LogP contribution in [-0.4, -0.2) is 42.5 Å². The average molecular weight is 513 g/mol. The molecule has 0 fully saturated rings. The number of para-hydroxylation sites is 1. The molecular formula is C25H26ClFN6O3. The van der Waals surface area contributed by atoms with E-state index in [0.717, 1.165) is 24.1 Å². The molecule has 0 aliphatic carbocycles. The van der Waals surface area contributed by atoms with Crippen molar-refractivity contribution in [2.45, 2.75) is 26.2 Å². The summed E-state index contributed by atoms with van der Waals surface area (Å²) < 4.78 is 20.2. The van der Waals surface area contributed by atoms with Crippen molar-refractivity contribution in [1.82, 2.24) is 15.3 Å². The number of hydrogen-bond acceptors (Lipinski definition) is 7. The summed E-state index contributed by atoms with van der Waals surface area (Å²) in [5, 5.41) is 8.57. The number of aromatic nitrogens is 2. The van der Waals surface area contributed by atoms with E-state index in [1.807, 2.05) is 19.1 Å². The second-order valence-corrected chi connectivity index (χ2v) is 8.46. The monoisotopic (exact) mass is 512 g/mol. The predicted octanol–water partition coefficient (Wildman–Crippen LogP) is 4.81. The van der Waals surface area contributed by atoms with Crippen molar-refractivity contribution in [2.75, 3.05) is 36.2 Å². The Bertz CT molecular complexity index is 1320. The summed E-state index contributed by atoms with van der Waals surface area (Å²) in [4.78, 5) is 35.1. The Morgan fingerprint density at radius 3 is 2.78 bits per heavy atom. The summed E-state index contributed by atoms with van der Waals surface area (Å²) >= 11 is 6.28. The molecule has 0 atom stereocenters. The van der Waals surface area contributed by atoms with Gasteiger partial charge in [0.15, 0.2) is 5.82 Å². The molecule has 0 unspecified atom stereocenters. The first kappa shape index (κ1) is 25.2. The van der Waals surface area contributed by atoms with Crippen LogP contribution in [0.2, 0.25) is 5.02 Å². The van der Waals surface area contributed by atoms with Gasteiger partial charge < -0.3 is 25.6 Å². The molecule has 2 aromatic carbocycles. The summed E-state index contributed by atoms with van der Waals surface area (Å²) in [5.74, 6) is -0.223. The quantitative estimate of drug-likeness (QED) is 0.416. The molecule has 0 saturated carbocycles. The molecule has 1 aliphatic heterocycles. The maximum atomic E-state index is 14.6. The van der Waals surface area contributed by atoms with E-state index in [1.54, 1.807) is 4.90 Å². The van der Waals surface area contributed by atoms with Crippen LogP contribution in [-0.2, 0) is 11.2 Å². The molecule has 0 radical (unpaired) electrons. The first-order chi connectivity index (χ1) is 17.4. The van der Waals surface area contributed by atoms with Crippen LogP contribution in [0.25, 0.3) is 0 Å². The highest BCUT2D eigenvalue weighted by molar-refractivity contribution is 6.33. The van der Waals surface area contributed by atoms with Crippen LogP contribution >= 0.6 is 11.6 Å². The lowest BCUT2D eigenvalue weighted by Gasteiger charge is -2.23. The van der Waals surface area contributed by atoms with Gasteiger partial charge in [-0.05, 0) is 43.5 Å². The number of benzene rings is 2. The Kier molecular flexibility index (Phi) is 7.54. The number of methoxy groups -OCH3 is 1. The van der Waals surface area contributed by atoms with E-state index in [4.69, 9.17) is 16.3 Å². The molecule has 1 aromatic heterocycles. The number of nitrogens with zero attached hydrogens (tertiary/aromatic N) is 3. The zero-order chi connectivity index (χ0) is 25.8. The maximum absolute atomic E-state index is 14.6. The van der Waals surface area contributed by atoms with Gasteiger partial charge in [-0.2, -0.15) is 4.98 Å². The Morgan fingerprint density at radius 2 is 2.06 bits per heavy atom. The van der Waals surface area contributed by atoms with Gasteiger partial charge in [0.05, 0.1) is 35.9 Å². The summed E-state index contributed by atoms with van der Waals surface area (Å²) in [6.07, 6.45) is 3.33. The molecule has 1 aliphatic rings. The number of amides is 2. The van der Waals surface area contributed by atoms with E-state index in [0.29, 0.717) is 24.4 Å². The predicted molar refractivity (Wildman–Crippen MR) is 137 cm³/mol. The Labute approximate surface area is 213 Å². The van der Waals surface area contributed by atoms with E-state index in [9.17, 15) is 14.0 Å². The van der Waals surface area contributed by atoms with E-state index in [2.05, 4.69) is 25.9 Å². The number of carbonyl (C=O) groups excluding carboxylic acids is 2.